The van der Waals surface area contributed by atoms with Crippen molar-refractivity contribution in [2.75, 3.05) is 13.1 Å². The molecule has 5 rings (SSSR count). The number of quaternary nitrogens is 1. The van der Waals surface area contributed by atoms with E-state index >= 15 is 0 Å². The van der Waals surface area contributed by atoms with E-state index in [0.717, 1.165) is 37.6 Å². The molecule has 2 aromatic carbocycles. The van der Waals surface area contributed by atoms with Gasteiger partial charge in [0.15, 0.2) is 12.6 Å². The summed E-state index contributed by atoms with van der Waals surface area (Å²) in [4.78, 5) is 1.39. The van der Waals surface area contributed by atoms with E-state index in [4.69, 9.17) is 9.15 Å². The third-order valence-corrected chi connectivity index (χ3v) is 7.94. The van der Waals surface area contributed by atoms with Crippen molar-refractivity contribution < 1.29 is 18.4 Å². The molecule has 4 unspecified atom stereocenters. The van der Waals surface area contributed by atoms with Gasteiger partial charge in [-0.1, -0.05) is 56.5 Å². The molecule has 0 amide bonds. The summed E-state index contributed by atoms with van der Waals surface area (Å²) in [5.41, 5.74) is 1.28. The van der Waals surface area contributed by atoms with E-state index in [1.165, 1.54) is 54.7 Å². The Morgan fingerprint density at radius 3 is 2.51 bits per heavy atom. The van der Waals surface area contributed by atoms with Crippen LogP contribution in [0.5, 0.6) is 5.75 Å². The van der Waals surface area contributed by atoms with Gasteiger partial charge in [0.25, 0.3) is 5.89 Å². The molecular weight excluding hydrogens is 441 g/mol. The second kappa shape index (κ2) is 11.3. The zero-order chi connectivity index (χ0) is 24.0. The molecule has 1 saturated heterocycles. The molecule has 1 aliphatic carbocycles. The topological polar surface area (TPSA) is 52.6 Å². The quantitative estimate of drug-likeness (QED) is 0.485. The van der Waals surface area contributed by atoms with Crippen LogP contribution in [0.2, 0.25) is 0 Å². The van der Waals surface area contributed by atoms with Gasteiger partial charge in [0.1, 0.15) is 18.1 Å². The van der Waals surface area contributed by atoms with Gasteiger partial charge in [-0.3, -0.25) is 0 Å². The third-order valence-electron chi connectivity index (χ3n) is 7.94. The van der Waals surface area contributed by atoms with Crippen molar-refractivity contribution in [1.29, 1.82) is 0 Å². The van der Waals surface area contributed by atoms with Crippen molar-refractivity contribution in [3.05, 3.63) is 77.8 Å². The lowest BCUT2D eigenvalue weighted by molar-refractivity contribution is -0.924. The van der Waals surface area contributed by atoms with Crippen LogP contribution in [0.4, 0.5) is 4.39 Å². The number of piperidine rings is 1. The fourth-order valence-corrected chi connectivity index (χ4v) is 6.00. The molecule has 1 N–H and O–H groups in total. The highest BCUT2D eigenvalue weighted by Gasteiger charge is 2.35. The smallest absolute Gasteiger partial charge is 0.271 e. The zero-order valence-corrected chi connectivity index (χ0v) is 20.7. The molecule has 35 heavy (non-hydrogen) atoms. The lowest BCUT2D eigenvalue weighted by Gasteiger charge is -2.35. The summed E-state index contributed by atoms with van der Waals surface area (Å²) in [5, 5.41) is 9.05. The predicted molar refractivity (Wildman–Crippen MR) is 133 cm³/mol. The van der Waals surface area contributed by atoms with Gasteiger partial charge in [0, 0.05) is 12.3 Å². The molecule has 0 bridgehead atoms. The number of rotatable bonds is 8. The minimum absolute atomic E-state index is 0.0934. The number of nitrogens with one attached hydrogen (secondary N) is 1. The van der Waals surface area contributed by atoms with Crippen molar-refractivity contribution in [2.24, 2.45) is 11.8 Å². The van der Waals surface area contributed by atoms with Crippen molar-refractivity contribution in [1.82, 2.24) is 10.2 Å². The number of hydrogen-bond acceptors (Lipinski definition) is 4. The Bertz CT molecular complexity index is 1050. The van der Waals surface area contributed by atoms with Crippen LogP contribution in [-0.4, -0.2) is 29.4 Å². The SMILES string of the molecule is CCC1CC[NH+](Cc2nnc(C(c3ccccc3)C3CCCCC3)o2)CC1Oc1ccc(F)cc1. The second-order valence-electron chi connectivity index (χ2n) is 10.3. The van der Waals surface area contributed by atoms with Crippen molar-refractivity contribution in [2.45, 2.75) is 70.4 Å². The van der Waals surface area contributed by atoms with Crippen LogP contribution in [0.3, 0.4) is 0 Å². The van der Waals surface area contributed by atoms with Crippen LogP contribution < -0.4 is 9.64 Å². The van der Waals surface area contributed by atoms with Crippen LogP contribution in [-0.2, 0) is 6.54 Å². The molecule has 3 aromatic rings. The molecule has 4 atom stereocenters. The van der Waals surface area contributed by atoms with Gasteiger partial charge < -0.3 is 14.1 Å². The minimum atomic E-state index is -0.241. The number of aromatic nitrogens is 2. The van der Waals surface area contributed by atoms with E-state index < -0.39 is 0 Å². The van der Waals surface area contributed by atoms with Gasteiger partial charge in [-0.05, 0) is 55.0 Å². The molecule has 1 saturated carbocycles. The second-order valence-corrected chi connectivity index (χ2v) is 10.3. The summed E-state index contributed by atoms with van der Waals surface area (Å²) in [6.45, 7) is 4.86. The van der Waals surface area contributed by atoms with Crippen molar-refractivity contribution in [3.63, 3.8) is 0 Å². The fraction of sp³-hybridized carbons (Fsp3) is 0.517. The van der Waals surface area contributed by atoms with E-state index in [9.17, 15) is 4.39 Å². The van der Waals surface area contributed by atoms with E-state index in [-0.39, 0.29) is 17.8 Å². The molecule has 6 heteroatoms. The lowest BCUT2D eigenvalue weighted by Crippen LogP contribution is -3.13. The molecule has 5 nitrogen and oxygen atoms in total. The van der Waals surface area contributed by atoms with Gasteiger partial charge in [-0.25, -0.2) is 4.39 Å². The summed E-state index contributed by atoms with van der Waals surface area (Å²) in [7, 11) is 0. The van der Waals surface area contributed by atoms with Crippen LogP contribution in [0.1, 0.15) is 75.1 Å². The largest absolute Gasteiger partial charge is 0.484 e. The number of ether oxygens (including phenoxy) is 1. The molecule has 0 spiro atoms. The van der Waals surface area contributed by atoms with Gasteiger partial charge in [-0.15, -0.1) is 10.2 Å². The van der Waals surface area contributed by atoms with Crippen LogP contribution in [0.25, 0.3) is 0 Å². The average molecular weight is 479 g/mol. The molecule has 0 radical (unpaired) electrons. The molecular formula is C29H37FN3O2+. The third kappa shape index (κ3) is 5.92. The number of nitrogens with zero attached hydrogens (tertiary/aromatic N) is 2. The monoisotopic (exact) mass is 478 g/mol. The van der Waals surface area contributed by atoms with Gasteiger partial charge in [-0.2, -0.15) is 0 Å². The van der Waals surface area contributed by atoms with Gasteiger partial charge in [0.05, 0.1) is 12.5 Å². The van der Waals surface area contributed by atoms with Gasteiger partial charge in [0.2, 0.25) is 5.89 Å². The zero-order valence-electron chi connectivity index (χ0n) is 20.7. The highest BCUT2D eigenvalue weighted by Crippen LogP contribution is 2.39. The first kappa shape index (κ1) is 24.0. The lowest BCUT2D eigenvalue weighted by atomic mass is 9.77. The summed E-state index contributed by atoms with van der Waals surface area (Å²) in [6.07, 6.45) is 8.58. The van der Waals surface area contributed by atoms with E-state index in [0.29, 0.717) is 24.3 Å². The Balaban J connectivity index is 1.28. The molecule has 2 aliphatic rings. The molecule has 2 fully saturated rings. The minimum Gasteiger partial charge on any atom is -0.484 e. The number of hydrogen-bond donors (Lipinski definition) is 1. The molecule has 1 aromatic heterocycles. The maximum Gasteiger partial charge on any atom is 0.271 e. The normalized spacial score (nSPS) is 24.2. The van der Waals surface area contributed by atoms with Crippen molar-refractivity contribution >= 4 is 0 Å². The predicted octanol–water partition coefficient (Wildman–Crippen LogP) is 5.18. The molecule has 2 heterocycles. The van der Waals surface area contributed by atoms with E-state index in [1.807, 2.05) is 0 Å². The highest BCUT2D eigenvalue weighted by molar-refractivity contribution is 5.26. The first-order valence-electron chi connectivity index (χ1n) is 13.3. The Labute approximate surface area is 207 Å². The van der Waals surface area contributed by atoms with E-state index in [2.05, 4.69) is 47.5 Å². The molecule has 1 aliphatic heterocycles. The number of halogens is 1. The summed E-state index contributed by atoms with van der Waals surface area (Å²) >= 11 is 0. The standard InChI is InChI=1S/C29H36FN3O2/c1-2-21-17-18-33(19-26(21)34-25-15-13-24(30)14-16-25)20-27-31-32-29(35-27)28(22-9-5-3-6-10-22)23-11-7-4-8-12-23/h3,5-6,9-10,13-16,21,23,26,28H,2,4,7-8,11-12,17-20H2,1H3/p+1. The summed E-state index contributed by atoms with van der Waals surface area (Å²) in [5.74, 6) is 3.19. The maximum absolute atomic E-state index is 13.3. The summed E-state index contributed by atoms with van der Waals surface area (Å²) < 4.78 is 26.0. The van der Waals surface area contributed by atoms with Crippen molar-refractivity contribution in [3.8, 4) is 5.75 Å². The Morgan fingerprint density at radius 2 is 1.77 bits per heavy atom. The Kier molecular flexibility index (Phi) is 7.77. The Hall–Kier alpha value is -2.73. The van der Waals surface area contributed by atoms with E-state index in [1.54, 1.807) is 12.1 Å². The maximum atomic E-state index is 13.3. The van der Waals surface area contributed by atoms with Crippen LogP contribution in [0.15, 0.2) is 59.0 Å². The summed E-state index contributed by atoms with van der Waals surface area (Å²) in [6, 6.07) is 17.0. The van der Waals surface area contributed by atoms with Crippen LogP contribution >= 0.6 is 0 Å². The first-order valence-corrected chi connectivity index (χ1v) is 13.3. The highest BCUT2D eigenvalue weighted by atomic mass is 19.1. The van der Waals surface area contributed by atoms with Crippen LogP contribution in [0, 0.1) is 17.7 Å². The fourth-order valence-electron chi connectivity index (χ4n) is 6.00. The first-order chi connectivity index (χ1) is 17.2. The average Bonchev–Trinajstić information content (AvgIpc) is 3.35. The Morgan fingerprint density at radius 1 is 1.00 bits per heavy atom. The number of likely N-dealkylation sites (tertiary alicyclic amines) is 1. The van der Waals surface area contributed by atoms with Gasteiger partial charge >= 0.3 is 0 Å². The molecule has 186 valence electrons. The number of benzene rings is 2.